The number of rotatable bonds is 33. The third-order valence-corrected chi connectivity index (χ3v) is 15.1. The number of hydroxylamine groups is 2. The summed E-state index contributed by atoms with van der Waals surface area (Å²) in [5.41, 5.74) is 6.28. The fourth-order valence-electron chi connectivity index (χ4n) is 10.5. The molecule has 0 saturated carbocycles. The zero-order chi connectivity index (χ0) is 55.9. The van der Waals surface area contributed by atoms with E-state index in [0.29, 0.717) is 84.2 Å². The number of hydrogen-bond donors (Lipinski definition) is 6. The molecule has 20 nitrogen and oxygen atoms in total. The molecule has 6 amide bonds. The van der Waals surface area contributed by atoms with Gasteiger partial charge in [0, 0.05) is 53.7 Å². The van der Waals surface area contributed by atoms with Crippen LogP contribution in [0.15, 0.2) is 24.3 Å². The molecule has 1 unspecified atom stereocenters. The molecule has 0 aromatic heterocycles. The van der Waals surface area contributed by atoms with Crippen molar-refractivity contribution in [1.82, 2.24) is 35.7 Å². The normalized spacial score (nSPS) is 18.6. The summed E-state index contributed by atoms with van der Waals surface area (Å²) in [4.78, 5) is 106. The standard InChI is InChI=1S/C55H94N8O12/c1-12-37(6)49(61(9)54(70)47(35(2)3)59-52(68)48(36(4)5)60(8)29-17-13-14-23-45(65)57-28-16-15-21-41(56)55(71)72)44(73-10)34-46(66)62-30-20-22-43(62)50(74-11)38(7)51(67)58-42(33-39-24-26-40(64)27-25-39)53(69)63-31-18-19-32-75-63/h24-27,35-38,41-44,47-50,64H,12-23,28-34,56H2,1-11H3,(H,57,65)(H,58,67)(H,59,68)(H,71,72)/t37-,38+,41-,42-,43-,44+,47-,48-,49?,50+/m0/s1. The lowest BCUT2D eigenvalue weighted by Crippen LogP contribution is -2.60. The predicted molar refractivity (Wildman–Crippen MR) is 286 cm³/mol. The largest absolute Gasteiger partial charge is 0.508 e. The molecule has 0 aliphatic carbocycles. The Bertz CT molecular complexity index is 1950. The minimum Gasteiger partial charge on any atom is -0.508 e. The van der Waals surface area contributed by atoms with Gasteiger partial charge in [-0.05, 0) is 107 Å². The van der Waals surface area contributed by atoms with Crippen molar-refractivity contribution >= 4 is 41.4 Å². The van der Waals surface area contributed by atoms with E-state index in [4.69, 9.17) is 25.2 Å². The fourth-order valence-corrected chi connectivity index (χ4v) is 10.5. The van der Waals surface area contributed by atoms with Crippen LogP contribution in [0.3, 0.4) is 0 Å². The molecule has 7 N–H and O–H groups in total. The number of aliphatic carboxylic acids is 1. The number of methoxy groups -OCH3 is 2. The zero-order valence-electron chi connectivity index (χ0n) is 47.0. The Kier molecular flexibility index (Phi) is 28.0. The highest BCUT2D eigenvalue weighted by molar-refractivity contribution is 5.91. The first-order chi connectivity index (χ1) is 35.6. The van der Waals surface area contributed by atoms with E-state index in [1.807, 2.05) is 53.5 Å². The van der Waals surface area contributed by atoms with Gasteiger partial charge < -0.3 is 51.2 Å². The monoisotopic (exact) mass is 1060 g/mol. The summed E-state index contributed by atoms with van der Waals surface area (Å²) >= 11 is 0. The number of carbonyl (C=O) groups is 7. The van der Waals surface area contributed by atoms with Gasteiger partial charge in [0.25, 0.3) is 5.91 Å². The van der Waals surface area contributed by atoms with E-state index in [2.05, 4.69) is 16.0 Å². The SMILES string of the molecule is CC[C@H](C)C([C@@H](CC(=O)N1CCC[C@H]1[C@H](OC)[C@@H](C)C(=O)N[C@@H](Cc1ccc(O)cc1)C(=O)N1CCCCO1)OC)N(C)C(=O)[C@@H](NC(=O)[C@H](C(C)C)N(C)CCCCCC(=O)NCCCC[C@H](N)C(=O)O)C(C)C. The van der Waals surface area contributed by atoms with Crippen molar-refractivity contribution in [3.63, 3.8) is 0 Å². The molecule has 2 heterocycles. The maximum Gasteiger partial charge on any atom is 0.320 e. The van der Waals surface area contributed by atoms with Crippen LogP contribution in [0.5, 0.6) is 5.75 Å². The number of nitrogens with one attached hydrogen (secondary N) is 3. The van der Waals surface area contributed by atoms with Crippen LogP contribution in [0.25, 0.3) is 0 Å². The molecule has 0 radical (unpaired) electrons. The highest BCUT2D eigenvalue weighted by atomic mass is 16.7. The van der Waals surface area contributed by atoms with E-state index >= 15 is 0 Å². The lowest BCUT2D eigenvalue weighted by Gasteiger charge is -2.41. The van der Waals surface area contributed by atoms with E-state index in [-0.39, 0.29) is 65.9 Å². The van der Waals surface area contributed by atoms with Crippen LogP contribution in [0.4, 0.5) is 0 Å². The van der Waals surface area contributed by atoms with Crippen molar-refractivity contribution in [2.75, 3.05) is 61.1 Å². The van der Waals surface area contributed by atoms with Crippen LogP contribution >= 0.6 is 0 Å². The molecule has 426 valence electrons. The van der Waals surface area contributed by atoms with Crippen LogP contribution in [0.2, 0.25) is 0 Å². The Morgan fingerprint density at radius 2 is 1.55 bits per heavy atom. The van der Waals surface area contributed by atoms with Gasteiger partial charge in [-0.2, -0.15) is 0 Å². The smallest absolute Gasteiger partial charge is 0.320 e. The van der Waals surface area contributed by atoms with E-state index in [9.17, 15) is 38.7 Å². The Labute approximate surface area is 446 Å². The average molecular weight is 1060 g/mol. The van der Waals surface area contributed by atoms with Crippen molar-refractivity contribution < 1.29 is 58.1 Å². The molecule has 20 heteroatoms. The van der Waals surface area contributed by atoms with E-state index in [1.54, 1.807) is 35.9 Å². The average Bonchev–Trinajstić information content (AvgIpc) is 3.87. The van der Waals surface area contributed by atoms with Crippen LogP contribution in [-0.2, 0) is 54.3 Å². The molecule has 0 spiro atoms. The number of hydrogen-bond acceptors (Lipinski definition) is 13. The summed E-state index contributed by atoms with van der Waals surface area (Å²) in [6.45, 7) is 15.8. The molecule has 1 aromatic rings. The fraction of sp³-hybridized carbons (Fsp3) is 0.764. The number of nitrogens with two attached hydrogens (primary N) is 1. The van der Waals surface area contributed by atoms with Gasteiger partial charge >= 0.3 is 5.97 Å². The number of carbonyl (C=O) groups excluding carboxylic acids is 6. The second kappa shape index (κ2) is 32.6. The van der Waals surface area contributed by atoms with Gasteiger partial charge in [-0.25, -0.2) is 5.06 Å². The van der Waals surface area contributed by atoms with Crippen LogP contribution in [0.1, 0.15) is 138 Å². The number of aromatic hydroxyl groups is 1. The zero-order valence-corrected chi connectivity index (χ0v) is 47.0. The van der Waals surface area contributed by atoms with Gasteiger partial charge in [0.15, 0.2) is 0 Å². The summed E-state index contributed by atoms with van der Waals surface area (Å²) in [5.74, 6) is -3.78. The lowest BCUT2D eigenvalue weighted by molar-refractivity contribution is -0.199. The van der Waals surface area contributed by atoms with Crippen LogP contribution < -0.4 is 21.7 Å². The number of unbranched alkanes of at least 4 members (excludes halogenated alkanes) is 3. The number of carboxylic acid groups (broad SMARTS) is 1. The molecule has 0 bridgehead atoms. The van der Waals surface area contributed by atoms with Gasteiger partial charge in [-0.3, -0.25) is 43.3 Å². The second-order valence-electron chi connectivity index (χ2n) is 21.5. The molecule has 2 aliphatic heterocycles. The molecule has 2 fully saturated rings. The first kappa shape index (κ1) is 64.4. The third-order valence-electron chi connectivity index (χ3n) is 15.1. The van der Waals surface area contributed by atoms with E-state index < -0.39 is 66.3 Å². The Morgan fingerprint density at radius 3 is 2.13 bits per heavy atom. The molecule has 3 rings (SSSR count). The number of phenols is 1. The minimum atomic E-state index is -1.03. The van der Waals surface area contributed by atoms with Gasteiger partial charge in [0.05, 0.1) is 49.3 Å². The van der Waals surface area contributed by atoms with Gasteiger partial charge in [-0.15, -0.1) is 0 Å². The van der Waals surface area contributed by atoms with Gasteiger partial charge in [0.2, 0.25) is 29.5 Å². The summed E-state index contributed by atoms with van der Waals surface area (Å²) in [6, 6.07) is 2.22. The quantitative estimate of drug-likeness (QED) is 0.0538. The van der Waals surface area contributed by atoms with E-state index in [1.165, 1.54) is 31.4 Å². The van der Waals surface area contributed by atoms with Crippen molar-refractivity contribution in [1.29, 1.82) is 0 Å². The van der Waals surface area contributed by atoms with Crippen LogP contribution in [-0.4, -0.2) is 181 Å². The highest BCUT2D eigenvalue weighted by Crippen LogP contribution is 2.30. The van der Waals surface area contributed by atoms with Crippen molar-refractivity contribution in [3.8, 4) is 5.75 Å². The van der Waals surface area contributed by atoms with Crippen molar-refractivity contribution in [3.05, 3.63) is 29.8 Å². The maximum atomic E-state index is 14.7. The maximum absolute atomic E-state index is 14.7. The third kappa shape index (κ3) is 19.9. The molecular formula is C55H94N8O12. The number of ether oxygens (including phenoxy) is 2. The first-order valence-electron chi connectivity index (χ1n) is 27.5. The summed E-state index contributed by atoms with van der Waals surface area (Å²) in [5, 5.41) is 29.0. The first-order valence-corrected chi connectivity index (χ1v) is 27.5. The van der Waals surface area contributed by atoms with Crippen molar-refractivity contribution in [2.24, 2.45) is 29.4 Å². The minimum absolute atomic E-state index is 0.0506. The van der Waals surface area contributed by atoms with Crippen LogP contribution in [0, 0.1) is 23.7 Å². The Hall–Kier alpha value is -4.89. The summed E-state index contributed by atoms with van der Waals surface area (Å²) in [7, 11) is 6.65. The molecular weight excluding hydrogens is 965 g/mol. The number of carboxylic acids is 1. The van der Waals surface area contributed by atoms with Crippen molar-refractivity contribution in [2.45, 2.75) is 187 Å². The molecule has 2 aliphatic rings. The van der Waals surface area contributed by atoms with Gasteiger partial charge in [0.1, 0.15) is 23.9 Å². The molecule has 1 aromatic carbocycles. The number of nitrogens with zero attached hydrogens (tertiary/aromatic N) is 4. The second-order valence-corrected chi connectivity index (χ2v) is 21.5. The van der Waals surface area contributed by atoms with E-state index in [0.717, 1.165) is 31.2 Å². The summed E-state index contributed by atoms with van der Waals surface area (Å²) in [6.07, 6.45) is 6.44. The molecule has 10 atom stereocenters. The van der Waals surface area contributed by atoms with Gasteiger partial charge in [-0.1, -0.05) is 73.4 Å². The Morgan fingerprint density at radius 1 is 0.853 bits per heavy atom. The highest BCUT2D eigenvalue weighted by Gasteiger charge is 2.44. The number of amides is 6. The predicted octanol–water partition coefficient (Wildman–Crippen LogP) is 4.25. The number of likely N-dealkylation sites (N-methyl/N-ethyl adjacent to an activating group) is 2. The molecule has 2 saturated heterocycles. The lowest BCUT2D eigenvalue weighted by atomic mass is 9.89. The number of phenolic OH excluding ortho intramolecular Hbond substituents is 1. The summed E-state index contributed by atoms with van der Waals surface area (Å²) < 4.78 is 12.1. The molecule has 75 heavy (non-hydrogen) atoms. The topological polar surface area (TPSA) is 263 Å². The number of benzene rings is 1. The Balaban J connectivity index is 1.67. The number of likely N-dealkylation sites (tertiary alicyclic amines) is 1.